The number of aliphatic hydroxyl groups excluding tert-OH is 1. The molecule has 0 fully saturated rings. The normalized spacial score (nSPS) is 12.1. The fraction of sp³-hybridized carbons (Fsp3) is 0.154. The van der Waals surface area contributed by atoms with Crippen LogP contribution in [0, 0.1) is 0 Å². The first kappa shape index (κ1) is 20.6. The van der Waals surface area contributed by atoms with Crippen LogP contribution in [0.25, 0.3) is 21.9 Å². The molecule has 1 aromatic heterocycles. The zero-order valence-electron chi connectivity index (χ0n) is 17.5. The van der Waals surface area contributed by atoms with Crippen LogP contribution >= 0.6 is 0 Å². The fourth-order valence-corrected chi connectivity index (χ4v) is 3.78. The van der Waals surface area contributed by atoms with E-state index in [0.29, 0.717) is 12.1 Å². The Bertz CT molecular complexity index is 1320. The van der Waals surface area contributed by atoms with Gasteiger partial charge < -0.3 is 10.8 Å². The number of nitrogen functional groups attached to an aromatic ring is 1. The van der Waals surface area contributed by atoms with Crippen molar-refractivity contribution in [1.29, 1.82) is 0 Å². The Labute approximate surface area is 181 Å². The zero-order valence-corrected chi connectivity index (χ0v) is 17.5. The van der Waals surface area contributed by atoms with Crippen LogP contribution in [0.5, 0.6) is 0 Å². The van der Waals surface area contributed by atoms with Gasteiger partial charge in [0, 0.05) is 19.0 Å². The average Bonchev–Trinajstić information content (AvgIpc) is 2.80. The molecule has 0 bridgehead atoms. The minimum Gasteiger partial charge on any atom is -0.392 e. The van der Waals surface area contributed by atoms with Gasteiger partial charge in [-0.25, -0.2) is 4.98 Å². The lowest BCUT2D eigenvalue weighted by Crippen LogP contribution is -2.22. The summed E-state index contributed by atoms with van der Waals surface area (Å²) in [5.41, 5.74) is 10.6. The van der Waals surface area contributed by atoms with E-state index in [2.05, 4.69) is 48.0 Å². The molecule has 4 rings (SSSR count). The SMILES string of the molecule is C=C[C@@H](Cc1cccc(-c2ccc3cc(CO)ccc3c2)c1)c1cc(=O)n(C)c(N)n1. The minimum absolute atomic E-state index is 0.0399. The van der Waals surface area contributed by atoms with Crippen LogP contribution in [0.4, 0.5) is 5.95 Å². The van der Waals surface area contributed by atoms with E-state index in [0.717, 1.165) is 33.0 Å². The third-order valence-electron chi connectivity index (χ3n) is 5.66. The van der Waals surface area contributed by atoms with E-state index in [-0.39, 0.29) is 24.0 Å². The predicted octanol–water partition coefficient (Wildman–Crippen LogP) is 4.19. The van der Waals surface area contributed by atoms with Crippen molar-refractivity contribution < 1.29 is 5.11 Å². The molecule has 0 unspecified atom stereocenters. The van der Waals surface area contributed by atoms with E-state index in [1.807, 2.05) is 30.3 Å². The number of fused-ring (bicyclic) bond motifs is 1. The molecule has 31 heavy (non-hydrogen) atoms. The molecule has 0 aliphatic carbocycles. The molecule has 0 aliphatic rings. The smallest absolute Gasteiger partial charge is 0.254 e. The van der Waals surface area contributed by atoms with Crippen LogP contribution in [-0.4, -0.2) is 14.7 Å². The van der Waals surface area contributed by atoms with Crippen LogP contribution in [0.3, 0.4) is 0 Å². The van der Waals surface area contributed by atoms with E-state index in [9.17, 15) is 9.90 Å². The van der Waals surface area contributed by atoms with Crippen molar-refractivity contribution >= 4 is 16.7 Å². The number of aliphatic hydroxyl groups is 1. The third kappa shape index (κ3) is 4.27. The second kappa shape index (κ2) is 8.58. The molecule has 5 heteroatoms. The summed E-state index contributed by atoms with van der Waals surface area (Å²) in [7, 11) is 1.61. The monoisotopic (exact) mass is 411 g/mol. The van der Waals surface area contributed by atoms with Crippen molar-refractivity contribution in [3.63, 3.8) is 0 Å². The zero-order chi connectivity index (χ0) is 22.0. The van der Waals surface area contributed by atoms with E-state index < -0.39 is 0 Å². The van der Waals surface area contributed by atoms with Crippen molar-refractivity contribution in [2.24, 2.45) is 7.05 Å². The molecular formula is C26H25N3O2. The topological polar surface area (TPSA) is 81.1 Å². The fourth-order valence-electron chi connectivity index (χ4n) is 3.78. The highest BCUT2D eigenvalue weighted by Crippen LogP contribution is 2.28. The number of nitrogens with two attached hydrogens (primary N) is 1. The molecule has 0 saturated heterocycles. The first-order chi connectivity index (χ1) is 15.0. The molecule has 1 heterocycles. The average molecular weight is 412 g/mol. The minimum atomic E-state index is -0.177. The van der Waals surface area contributed by atoms with Crippen LogP contribution in [-0.2, 0) is 20.1 Å². The number of hydrogen-bond donors (Lipinski definition) is 2. The number of rotatable bonds is 6. The summed E-state index contributed by atoms with van der Waals surface area (Å²) in [5.74, 6) is 0.0866. The standard InChI is InChI=1S/C26H25N3O2/c1-3-19(24-15-25(31)29(2)26(27)28-24)11-17-5-4-6-20(12-17)23-10-9-21-13-18(16-30)7-8-22(21)14-23/h3-10,12-15,19,30H,1,11,16H2,2H3,(H2,27,28)/t19-/m0/s1. The number of benzene rings is 3. The highest BCUT2D eigenvalue weighted by molar-refractivity contribution is 5.87. The molecule has 0 saturated carbocycles. The van der Waals surface area contributed by atoms with Crippen molar-refractivity contribution in [2.75, 3.05) is 5.73 Å². The van der Waals surface area contributed by atoms with Crippen molar-refractivity contribution in [3.05, 3.63) is 107 Å². The van der Waals surface area contributed by atoms with Gasteiger partial charge in [-0.05, 0) is 51.6 Å². The Balaban J connectivity index is 1.64. The third-order valence-corrected chi connectivity index (χ3v) is 5.66. The highest BCUT2D eigenvalue weighted by atomic mass is 16.3. The molecule has 0 spiro atoms. The van der Waals surface area contributed by atoms with Crippen molar-refractivity contribution in [1.82, 2.24) is 9.55 Å². The first-order valence-corrected chi connectivity index (χ1v) is 10.2. The maximum absolute atomic E-state index is 12.1. The van der Waals surface area contributed by atoms with Crippen LogP contribution in [0.1, 0.15) is 22.7 Å². The summed E-state index contributed by atoms with van der Waals surface area (Å²) in [6, 6.07) is 22.2. The van der Waals surface area contributed by atoms with Gasteiger partial charge in [0.25, 0.3) is 5.56 Å². The van der Waals surface area contributed by atoms with Gasteiger partial charge in [-0.15, -0.1) is 6.58 Å². The van der Waals surface area contributed by atoms with Gasteiger partial charge in [0.15, 0.2) is 0 Å². The lowest BCUT2D eigenvalue weighted by molar-refractivity contribution is 0.282. The summed E-state index contributed by atoms with van der Waals surface area (Å²) in [6.45, 7) is 3.98. The second-order valence-electron chi connectivity index (χ2n) is 7.74. The molecule has 3 N–H and O–H groups in total. The molecule has 3 aromatic carbocycles. The van der Waals surface area contributed by atoms with Gasteiger partial charge in [-0.2, -0.15) is 0 Å². The Hall–Kier alpha value is -3.70. The molecule has 4 aromatic rings. The van der Waals surface area contributed by atoms with E-state index >= 15 is 0 Å². The van der Waals surface area contributed by atoms with Crippen LogP contribution in [0.2, 0.25) is 0 Å². The lowest BCUT2D eigenvalue weighted by Gasteiger charge is -2.14. The molecule has 156 valence electrons. The quantitative estimate of drug-likeness (QED) is 0.466. The summed E-state index contributed by atoms with van der Waals surface area (Å²) in [6.07, 6.45) is 2.48. The molecule has 1 atom stereocenters. The van der Waals surface area contributed by atoms with Gasteiger partial charge in [0.2, 0.25) is 5.95 Å². The summed E-state index contributed by atoms with van der Waals surface area (Å²) >= 11 is 0. The van der Waals surface area contributed by atoms with Crippen molar-refractivity contribution in [2.45, 2.75) is 18.9 Å². The van der Waals surface area contributed by atoms with Gasteiger partial charge in [0.1, 0.15) is 0 Å². The second-order valence-corrected chi connectivity index (χ2v) is 7.74. The van der Waals surface area contributed by atoms with Crippen LogP contribution < -0.4 is 11.3 Å². The molecule has 5 nitrogen and oxygen atoms in total. The Morgan fingerprint density at radius 1 is 1.03 bits per heavy atom. The Morgan fingerprint density at radius 3 is 2.52 bits per heavy atom. The van der Waals surface area contributed by atoms with E-state index in [1.54, 1.807) is 7.05 Å². The van der Waals surface area contributed by atoms with Gasteiger partial charge in [-0.1, -0.05) is 54.6 Å². The number of hydrogen-bond acceptors (Lipinski definition) is 4. The first-order valence-electron chi connectivity index (χ1n) is 10.2. The Kier molecular flexibility index (Phi) is 5.69. The van der Waals surface area contributed by atoms with Gasteiger partial charge in [-0.3, -0.25) is 9.36 Å². The van der Waals surface area contributed by atoms with Gasteiger partial charge in [0.05, 0.1) is 12.3 Å². The molecule has 0 radical (unpaired) electrons. The molecular weight excluding hydrogens is 386 g/mol. The number of aromatic nitrogens is 2. The summed E-state index contributed by atoms with van der Waals surface area (Å²) in [5, 5.41) is 11.6. The summed E-state index contributed by atoms with van der Waals surface area (Å²) in [4.78, 5) is 16.5. The molecule has 0 aliphatic heterocycles. The van der Waals surface area contributed by atoms with Crippen LogP contribution in [0.15, 0.2) is 84.2 Å². The van der Waals surface area contributed by atoms with Gasteiger partial charge >= 0.3 is 0 Å². The lowest BCUT2D eigenvalue weighted by atomic mass is 9.93. The predicted molar refractivity (Wildman–Crippen MR) is 126 cm³/mol. The largest absolute Gasteiger partial charge is 0.392 e. The maximum atomic E-state index is 12.1. The van der Waals surface area contributed by atoms with E-state index in [4.69, 9.17) is 5.73 Å². The van der Waals surface area contributed by atoms with Crippen molar-refractivity contribution in [3.8, 4) is 11.1 Å². The van der Waals surface area contributed by atoms with E-state index in [1.165, 1.54) is 10.6 Å². The number of nitrogens with zero attached hydrogens (tertiary/aromatic N) is 2. The number of allylic oxidation sites excluding steroid dienone is 1. The summed E-state index contributed by atoms with van der Waals surface area (Å²) < 4.78 is 1.33. The highest BCUT2D eigenvalue weighted by Gasteiger charge is 2.14. The number of anilines is 1. The molecule has 0 amide bonds. The Morgan fingerprint density at radius 2 is 1.77 bits per heavy atom. The maximum Gasteiger partial charge on any atom is 0.254 e.